The third-order valence-electron chi connectivity index (χ3n) is 2.49. The average molecular weight is 245 g/mol. The average Bonchev–Trinajstić information content (AvgIpc) is 2.74. The number of fused-ring (bicyclic) bond motifs is 1. The molecule has 0 atom stereocenters. The van der Waals surface area contributed by atoms with Crippen molar-refractivity contribution >= 4 is 28.9 Å². The van der Waals surface area contributed by atoms with Gasteiger partial charge in [0.2, 0.25) is 0 Å². The second-order valence-corrected chi connectivity index (χ2v) is 4.09. The maximum atomic E-state index is 11.7. The molecule has 0 saturated carbocycles. The van der Waals surface area contributed by atoms with Crippen molar-refractivity contribution in [3.05, 3.63) is 30.0 Å². The summed E-state index contributed by atoms with van der Waals surface area (Å²) in [5.74, 6) is -0.419. The van der Waals surface area contributed by atoms with Gasteiger partial charge >= 0.3 is 5.97 Å². The predicted molar refractivity (Wildman–Crippen MR) is 71.5 cm³/mol. The van der Waals surface area contributed by atoms with Crippen LogP contribution in [0.4, 0.5) is 5.69 Å². The molecule has 1 aromatic heterocycles. The molecule has 0 fully saturated rings. The lowest BCUT2D eigenvalue weighted by atomic mass is 10.2. The molecule has 0 spiro atoms. The zero-order valence-electron chi connectivity index (χ0n) is 10.6. The number of esters is 1. The molecule has 94 valence electrons. The standard InChI is InChI=1S/C13H15N3O2/c1-16(2)8-14-11-9-6-4-5-7-10(9)15-12(11)13(17)18-3/h4-8,15H,1-3H3. The van der Waals surface area contributed by atoms with Gasteiger partial charge in [-0.2, -0.15) is 0 Å². The topological polar surface area (TPSA) is 57.7 Å². The monoisotopic (exact) mass is 245 g/mol. The van der Waals surface area contributed by atoms with Gasteiger partial charge in [-0.05, 0) is 6.07 Å². The quantitative estimate of drug-likeness (QED) is 0.512. The van der Waals surface area contributed by atoms with Crippen molar-refractivity contribution in [2.45, 2.75) is 0 Å². The minimum Gasteiger partial charge on any atom is -0.464 e. The van der Waals surface area contributed by atoms with Crippen LogP contribution >= 0.6 is 0 Å². The Morgan fingerprint density at radius 1 is 1.39 bits per heavy atom. The molecule has 0 aliphatic carbocycles. The van der Waals surface area contributed by atoms with Crippen molar-refractivity contribution < 1.29 is 9.53 Å². The summed E-state index contributed by atoms with van der Waals surface area (Å²) in [5.41, 5.74) is 1.84. The summed E-state index contributed by atoms with van der Waals surface area (Å²) < 4.78 is 4.76. The van der Waals surface area contributed by atoms with E-state index in [1.165, 1.54) is 7.11 Å². The van der Waals surface area contributed by atoms with E-state index in [2.05, 4.69) is 9.98 Å². The van der Waals surface area contributed by atoms with Crippen LogP contribution in [0, 0.1) is 0 Å². The molecule has 0 radical (unpaired) electrons. The van der Waals surface area contributed by atoms with Gasteiger partial charge in [0.15, 0.2) is 5.69 Å². The third-order valence-corrected chi connectivity index (χ3v) is 2.49. The van der Waals surface area contributed by atoms with Gasteiger partial charge in [-0.25, -0.2) is 9.79 Å². The van der Waals surface area contributed by atoms with E-state index in [-0.39, 0.29) is 0 Å². The normalized spacial score (nSPS) is 11.1. The Bertz CT molecular complexity index is 599. The zero-order chi connectivity index (χ0) is 13.1. The Hall–Kier alpha value is -2.30. The highest BCUT2D eigenvalue weighted by Crippen LogP contribution is 2.30. The van der Waals surface area contributed by atoms with Crippen LogP contribution in [0.15, 0.2) is 29.3 Å². The Morgan fingerprint density at radius 2 is 2.11 bits per heavy atom. The molecule has 0 aliphatic rings. The number of hydrogen-bond donors (Lipinski definition) is 1. The molecule has 0 unspecified atom stereocenters. The van der Waals surface area contributed by atoms with Crippen LogP contribution in [-0.2, 0) is 4.74 Å². The number of rotatable bonds is 3. The van der Waals surface area contributed by atoms with Crippen LogP contribution in [0.3, 0.4) is 0 Å². The Balaban J connectivity index is 2.61. The maximum Gasteiger partial charge on any atom is 0.356 e. The van der Waals surface area contributed by atoms with E-state index in [1.54, 1.807) is 6.34 Å². The number of benzene rings is 1. The summed E-state index contributed by atoms with van der Waals surface area (Å²) in [6, 6.07) is 7.63. The van der Waals surface area contributed by atoms with E-state index >= 15 is 0 Å². The number of aromatic nitrogens is 1. The van der Waals surface area contributed by atoms with Gasteiger partial charge in [-0.1, -0.05) is 18.2 Å². The first kappa shape index (κ1) is 12.2. The van der Waals surface area contributed by atoms with Gasteiger partial charge in [0.25, 0.3) is 0 Å². The third kappa shape index (κ3) is 2.20. The van der Waals surface area contributed by atoms with Crippen molar-refractivity contribution in [2.75, 3.05) is 21.2 Å². The number of aromatic amines is 1. The molecule has 2 rings (SSSR count). The first-order valence-electron chi connectivity index (χ1n) is 5.53. The van der Waals surface area contributed by atoms with Gasteiger partial charge in [-0.15, -0.1) is 0 Å². The lowest BCUT2D eigenvalue weighted by Crippen LogP contribution is -2.07. The van der Waals surface area contributed by atoms with Crippen molar-refractivity contribution in [3.63, 3.8) is 0 Å². The second kappa shape index (κ2) is 4.91. The number of nitrogens with zero attached hydrogens (tertiary/aromatic N) is 2. The minimum absolute atomic E-state index is 0.372. The Labute approximate surface area is 105 Å². The zero-order valence-corrected chi connectivity index (χ0v) is 10.6. The molecule has 1 N–H and O–H groups in total. The highest BCUT2D eigenvalue weighted by Gasteiger charge is 2.17. The fraction of sp³-hybridized carbons (Fsp3) is 0.231. The van der Waals surface area contributed by atoms with Crippen molar-refractivity contribution in [3.8, 4) is 0 Å². The lowest BCUT2D eigenvalue weighted by Gasteiger charge is -2.03. The van der Waals surface area contributed by atoms with E-state index in [1.807, 2.05) is 43.3 Å². The first-order chi connectivity index (χ1) is 8.63. The van der Waals surface area contributed by atoms with E-state index in [0.717, 1.165) is 10.9 Å². The molecule has 0 amide bonds. The number of carbonyl (C=O) groups excluding carboxylic acids is 1. The highest BCUT2D eigenvalue weighted by molar-refractivity contribution is 6.05. The number of nitrogens with one attached hydrogen (secondary N) is 1. The lowest BCUT2D eigenvalue weighted by molar-refractivity contribution is 0.0596. The summed E-state index contributed by atoms with van der Waals surface area (Å²) in [5, 5.41) is 0.899. The first-order valence-corrected chi connectivity index (χ1v) is 5.53. The molecule has 2 aromatic rings. The number of H-pyrrole nitrogens is 1. The van der Waals surface area contributed by atoms with Gasteiger partial charge < -0.3 is 14.6 Å². The molecule has 0 saturated heterocycles. The molecule has 5 heteroatoms. The Kier molecular flexibility index (Phi) is 3.32. The number of hydrogen-bond acceptors (Lipinski definition) is 3. The molecule has 5 nitrogen and oxygen atoms in total. The SMILES string of the molecule is COC(=O)c1[nH]c2ccccc2c1N=CN(C)C. The molecule has 1 heterocycles. The van der Waals surface area contributed by atoms with Crippen molar-refractivity contribution in [2.24, 2.45) is 4.99 Å². The summed E-state index contributed by atoms with van der Waals surface area (Å²) in [6.07, 6.45) is 1.65. The van der Waals surface area contributed by atoms with Crippen molar-refractivity contribution in [1.29, 1.82) is 0 Å². The summed E-state index contributed by atoms with van der Waals surface area (Å²) >= 11 is 0. The van der Waals surface area contributed by atoms with Crippen LogP contribution in [0.5, 0.6) is 0 Å². The smallest absolute Gasteiger partial charge is 0.356 e. The number of para-hydroxylation sites is 1. The van der Waals surface area contributed by atoms with Crippen LogP contribution in [0.25, 0.3) is 10.9 Å². The molecule has 0 aliphatic heterocycles. The highest BCUT2D eigenvalue weighted by atomic mass is 16.5. The summed E-state index contributed by atoms with van der Waals surface area (Å²) in [7, 11) is 5.10. The molecular weight excluding hydrogens is 230 g/mol. The fourth-order valence-electron chi connectivity index (χ4n) is 1.68. The largest absolute Gasteiger partial charge is 0.464 e. The van der Waals surface area contributed by atoms with Crippen LogP contribution in [0.2, 0.25) is 0 Å². The molecule has 1 aromatic carbocycles. The van der Waals surface area contributed by atoms with E-state index in [4.69, 9.17) is 4.74 Å². The number of methoxy groups -OCH3 is 1. The Morgan fingerprint density at radius 3 is 2.78 bits per heavy atom. The van der Waals surface area contributed by atoms with Crippen molar-refractivity contribution in [1.82, 2.24) is 9.88 Å². The van der Waals surface area contributed by atoms with Gasteiger partial charge in [0.05, 0.1) is 13.4 Å². The van der Waals surface area contributed by atoms with Gasteiger partial charge in [-0.3, -0.25) is 0 Å². The van der Waals surface area contributed by atoms with Crippen LogP contribution < -0.4 is 0 Å². The fourth-order valence-corrected chi connectivity index (χ4v) is 1.68. The van der Waals surface area contributed by atoms with Gasteiger partial charge in [0.1, 0.15) is 5.69 Å². The van der Waals surface area contributed by atoms with E-state index in [9.17, 15) is 4.79 Å². The molecule has 0 bridgehead atoms. The minimum atomic E-state index is -0.419. The summed E-state index contributed by atoms with van der Waals surface area (Å²) in [4.78, 5) is 20.9. The summed E-state index contributed by atoms with van der Waals surface area (Å²) in [6.45, 7) is 0. The van der Waals surface area contributed by atoms with Gasteiger partial charge in [0, 0.05) is 25.0 Å². The van der Waals surface area contributed by atoms with Crippen LogP contribution in [0.1, 0.15) is 10.5 Å². The maximum absolute atomic E-state index is 11.7. The molecular formula is C13H15N3O2. The van der Waals surface area contributed by atoms with E-state index in [0.29, 0.717) is 11.4 Å². The number of aliphatic imine (C=N–C) groups is 1. The predicted octanol–water partition coefficient (Wildman–Crippen LogP) is 2.18. The number of carbonyl (C=O) groups is 1. The van der Waals surface area contributed by atoms with Crippen LogP contribution in [-0.4, -0.2) is 43.4 Å². The number of ether oxygens (including phenoxy) is 1. The second-order valence-electron chi connectivity index (χ2n) is 4.09. The molecule has 18 heavy (non-hydrogen) atoms. The van der Waals surface area contributed by atoms with E-state index < -0.39 is 5.97 Å².